The number of anilines is 1. The van der Waals surface area contributed by atoms with E-state index >= 15 is 0 Å². The SMILES string of the molecule is CC(=O)c1ccc(C#N)c(NCCc2cccc(C)c2)c1. The number of benzene rings is 2. The Morgan fingerprint density at radius 3 is 2.71 bits per heavy atom. The number of nitrogens with zero attached hydrogens (tertiary/aromatic N) is 1. The summed E-state index contributed by atoms with van der Waals surface area (Å²) in [5, 5.41) is 12.4. The normalized spacial score (nSPS) is 9.95. The first kappa shape index (κ1) is 14.8. The van der Waals surface area contributed by atoms with Crippen LogP contribution in [0.1, 0.15) is 34.0 Å². The van der Waals surface area contributed by atoms with E-state index in [0.29, 0.717) is 11.1 Å². The highest BCUT2D eigenvalue weighted by atomic mass is 16.1. The lowest BCUT2D eigenvalue weighted by Crippen LogP contribution is -2.07. The van der Waals surface area contributed by atoms with Crippen LogP contribution in [0.4, 0.5) is 5.69 Å². The molecule has 1 N–H and O–H groups in total. The maximum atomic E-state index is 11.4. The van der Waals surface area contributed by atoms with Gasteiger partial charge in [0.25, 0.3) is 0 Å². The van der Waals surface area contributed by atoms with E-state index in [2.05, 4.69) is 36.5 Å². The topological polar surface area (TPSA) is 52.9 Å². The Bertz CT molecular complexity index is 699. The lowest BCUT2D eigenvalue weighted by atomic mass is 10.1. The first-order chi connectivity index (χ1) is 10.1. The van der Waals surface area contributed by atoms with Crippen molar-refractivity contribution in [2.45, 2.75) is 20.3 Å². The Hall–Kier alpha value is -2.60. The van der Waals surface area contributed by atoms with Crippen molar-refractivity contribution in [3.05, 3.63) is 64.7 Å². The Labute approximate surface area is 125 Å². The molecular weight excluding hydrogens is 260 g/mol. The predicted molar refractivity (Wildman–Crippen MR) is 84.5 cm³/mol. The number of aryl methyl sites for hydroxylation is 1. The number of nitrogens with one attached hydrogen (secondary N) is 1. The monoisotopic (exact) mass is 278 g/mol. The molecule has 3 heteroatoms. The van der Waals surface area contributed by atoms with Gasteiger partial charge in [-0.15, -0.1) is 0 Å². The van der Waals surface area contributed by atoms with Gasteiger partial charge in [-0.25, -0.2) is 0 Å². The Balaban J connectivity index is 2.07. The largest absolute Gasteiger partial charge is 0.384 e. The summed E-state index contributed by atoms with van der Waals surface area (Å²) in [6.45, 7) is 4.32. The van der Waals surface area contributed by atoms with Gasteiger partial charge in [0.05, 0.1) is 11.3 Å². The van der Waals surface area contributed by atoms with Gasteiger partial charge in [0.15, 0.2) is 5.78 Å². The molecule has 0 saturated carbocycles. The lowest BCUT2D eigenvalue weighted by molar-refractivity contribution is 0.101. The smallest absolute Gasteiger partial charge is 0.159 e. The summed E-state index contributed by atoms with van der Waals surface area (Å²) in [6, 6.07) is 15.6. The third-order valence-corrected chi connectivity index (χ3v) is 3.36. The van der Waals surface area contributed by atoms with E-state index < -0.39 is 0 Å². The quantitative estimate of drug-likeness (QED) is 0.848. The summed E-state index contributed by atoms with van der Waals surface area (Å²) in [6.07, 6.45) is 0.872. The van der Waals surface area contributed by atoms with Gasteiger partial charge in [-0.3, -0.25) is 4.79 Å². The van der Waals surface area contributed by atoms with Gasteiger partial charge in [-0.1, -0.05) is 29.8 Å². The number of rotatable bonds is 5. The van der Waals surface area contributed by atoms with Crippen molar-refractivity contribution >= 4 is 11.5 Å². The van der Waals surface area contributed by atoms with E-state index in [1.165, 1.54) is 18.1 Å². The highest BCUT2D eigenvalue weighted by molar-refractivity contribution is 5.95. The van der Waals surface area contributed by atoms with E-state index in [-0.39, 0.29) is 5.78 Å². The lowest BCUT2D eigenvalue weighted by Gasteiger charge is -2.10. The van der Waals surface area contributed by atoms with Crippen LogP contribution in [0.3, 0.4) is 0 Å². The molecule has 2 aromatic rings. The number of carbonyl (C=O) groups excluding carboxylic acids is 1. The molecule has 0 aliphatic heterocycles. The van der Waals surface area contributed by atoms with Gasteiger partial charge in [0.2, 0.25) is 0 Å². The fourth-order valence-electron chi connectivity index (χ4n) is 2.22. The van der Waals surface area contributed by atoms with Crippen molar-refractivity contribution in [3.8, 4) is 6.07 Å². The second-order valence-corrected chi connectivity index (χ2v) is 5.09. The van der Waals surface area contributed by atoms with Crippen LogP contribution < -0.4 is 5.32 Å². The minimum Gasteiger partial charge on any atom is -0.384 e. The number of hydrogen-bond acceptors (Lipinski definition) is 3. The van der Waals surface area contributed by atoms with Crippen LogP contribution in [-0.2, 0) is 6.42 Å². The first-order valence-corrected chi connectivity index (χ1v) is 6.94. The molecule has 2 aromatic carbocycles. The van der Waals surface area contributed by atoms with Crippen LogP contribution in [0.15, 0.2) is 42.5 Å². The molecule has 0 spiro atoms. The minimum absolute atomic E-state index is 0.00113. The zero-order chi connectivity index (χ0) is 15.2. The van der Waals surface area contributed by atoms with E-state index in [4.69, 9.17) is 5.26 Å². The second kappa shape index (κ2) is 6.71. The number of hydrogen-bond donors (Lipinski definition) is 1. The molecule has 3 nitrogen and oxygen atoms in total. The molecule has 106 valence electrons. The van der Waals surface area contributed by atoms with Crippen molar-refractivity contribution in [3.63, 3.8) is 0 Å². The molecule has 0 fully saturated rings. The molecule has 0 radical (unpaired) electrons. The van der Waals surface area contributed by atoms with Gasteiger partial charge in [-0.05, 0) is 44.0 Å². The average molecular weight is 278 g/mol. The van der Waals surface area contributed by atoms with Crippen LogP contribution in [0.25, 0.3) is 0 Å². The fourth-order valence-corrected chi connectivity index (χ4v) is 2.22. The summed E-state index contributed by atoms with van der Waals surface area (Å²) in [5.74, 6) is 0.00113. The van der Waals surface area contributed by atoms with Gasteiger partial charge in [-0.2, -0.15) is 5.26 Å². The summed E-state index contributed by atoms with van der Waals surface area (Å²) < 4.78 is 0. The van der Waals surface area contributed by atoms with Gasteiger partial charge < -0.3 is 5.32 Å². The Morgan fingerprint density at radius 2 is 2.05 bits per heavy atom. The molecule has 0 saturated heterocycles. The van der Waals surface area contributed by atoms with E-state index in [0.717, 1.165) is 18.7 Å². The molecule has 21 heavy (non-hydrogen) atoms. The van der Waals surface area contributed by atoms with Crippen LogP contribution in [-0.4, -0.2) is 12.3 Å². The third-order valence-electron chi connectivity index (χ3n) is 3.36. The second-order valence-electron chi connectivity index (χ2n) is 5.09. The van der Waals surface area contributed by atoms with Gasteiger partial charge >= 0.3 is 0 Å². The predicted octanol–water partition coefficient (Wildman–Crippen LogP) is 3.72. The van der Waals surface area contributed by atoms with Crippen molar-refractivity contribution in [2.75, 3.05) is 11.9 Å². The fraction of sp³-hybridized carbons (Fsp3) is 0.222. The van der Waals surface area contributed by atoms with Crippen molar-refractivity contribution in [2.24, 2.45) is 0 Å². The van der Waals surface area contributed by atoms with Crippen molar-refractivity contribution in [1.82, 2.24) is 0 Å². The van der Waals surface area contributed by atoms with E-state index in [1.807, 2.05) is 6.07 Å². The molecule has 0 aliphatic rings. The maximum absolute atomic E-state index is 11.4. The van der Waals surface area contributed by atoms with Crippen LogP contribution in [0.2, 0.25) is 0 Å². The first-order valence-electron chi connectivity index (χ1n) is 6.94. The average Bonchev–Trinajstić information content (AvgIpc) is 2.47. The van der Waals surface area contributed by atoms with Gasteiger partial charge in [0.1, 0.15) is 6.07 Å². The summed E-state index contributed by atoms with van der Waals surface area (Å²) >= 11 is 0. The standard InChI is InChI=1S/C18H18N2O/c1-13-4-3-5-15(10-13)8-9-20-18-11-16(14(2)21)6-7-17(18)12-19/h3-7,10-11,20H,8-9H2,1-2H3. The summed E-state index contributed by atoms with van der Waals surface area (Å²) in [5.41, 5.74) is 4.39. The molecule has 0 atom stereocenters. The molecule has 0 heterocycles. The number of ketones is 1. The molecule has 0 unspecified atom stereocenters. The molecule has 2 rings (SSSR count). The number of Topliss-reactive ketones (excluding diaryl/α,β-unsaturated/α-hetero) is 1. The zero-order valence-corrected chi connectivity index (χ0v) is 12.3. The number of carbonyl (C=O) groups is 1. The van der Waals surface area contributed by atoms with E-state index in [9.17, 15) is 4.79 Å². The molecule has 0 bridgehead atoms. The minimum atomic E-state index is 0.00113. The molecular formula is C18H18N2O. The summed E-state index contributed by atoms with van der Waals surface area (Å²) in [7, 11) is 0. The van der Waals surface area contributed by atoms with Gasteiger partial charge in [0, 0.05) is 12.1 Å². The Morgan fingerprint density at radius 1 is 1.24 bits per heavy atom. The molecule has 0 aromatic heterocycles. The maximum Gasteiger partial charge on any atom is 0.159 e. The number of nitriles is 1. The van der Waals surface area contributed by atoms with Crippen molar-refractivity contribution in [1.29, 1.82) is 5.26 Å². The Kier molecular flexibility index (Phi) is 4.73. The summed E-state index contributed by atoms with van der Waals surface area (Å²) in [4.78, 5) is 11.4. The van der Waals surface area contributed by atoms with Crippen LogP contribution in [0, 0.1) is 18.3 Å². The van der Waals surface area contributed by atoms with E-state index in [1.54, 1.807) is 18.2 Å². The van der Waals surface area contributed by atoms with Crippen molar-refractivity contribution < 1.29 is 4.79 Å². The highest BCUT2D eigenvalue weighted by Crippen LogP contribution is 2.17. The highest BCUT2D eigenvalue weighted by Gasteiger charge is 2.06. The molecule has 0 aliphatic carbocycles. The molecule has 0 amide bonds. The zero-order valence-electron chi connectivity index (χ0n) is 12.3. The van der Waals surface area contributed by atoms with Crippen LogP contribution in [0.5, 0.6) is 0 Å². The van der Waals surface area contributed by atoms with Crippen LogP contribution >= 0.6 is 0 Å². The third kappa shape index (κ3) is 3.93.